The van der Waals surface area contributed by atoms with Crippen LogP contribution in [-0.4, -0.2) is 29.6 Å². The number of hydrogen-bond donors (Lipinski definition) is 2. The van der Waals surface area contributed by atoms with Crippen LogP contribution in [0.1, 0.15) is 6.42 Å². The molecule has 1 rings (SSSR count). The first-order valence-corrected chi connectivity index (χ1v) is 3.00. The monoisotopic (exact) mass is 156 g/mol. The van der Waals surface area contributed by atoms with Crippen molar-refractivity contribution in [1.82, 2.24) is 10.4 Å². The average molecular weight is 156 g/mol. The highest BCUT2D eigenvalue weighted by Gasteiger charge is 2.24. The van der Waals surface area contributed by atoms with E-state index < -0.39 is 5.91 Å². The zero-order chi connectivity index (χ0) is 8.43. The second-order valence-corrected chi connectivity index (χ2v) is 2.11. The second-order valence-electron chi connectivity index (χ2n) is 2.11. The van der Waals surface area contributed by atoms with Crippen molar-refractivity contribution in [3.63, 3.8) is 0 Å². The third-order valence-electron chi connectivity index (χ3n) is 1.34. The van der Waals surface area contributed by atoms with Crippen molar-refractivity contribution in [3.8, 4) is 0 Å². The van der Waals surface area contributed by atoms with Gasteiger partial charge in [-0.05, 0) is 0 Å². The molecule has 0 aromatic carbocycles. The molecule has 0 unspecified atom stereocenters. The Bertz CT molecular complexity index is 235. The van der Waals surface area contributed by atoms with Crippen LogP contribution in [0.3, 0.4) is 0 Å². The van der Waals surface area contributed by atoms with Crippen LogP contribution in [0.4, 0.5) is 0 Å². The van der Waals surface area contributed by atoms with Crippen molar-refractivity contribution in [2.24, 2.45) is 10.9 Å². The van der Waals surface area contributed by atoms with Gasteiger partial charge in [0.15, 0.2) is 0 Å². The molecule has 0 saturated carbocycles. The van der Waals surface area contributed by atoms with E-state index in [1.807, 2.05) is 5.43 Å². The molecule has 3 N–H and O–H groups in total. The Morgan fingerprint density at radius 2 is 2.45 bits per heavy atom. The zero-order valence-corrected chi connectivity index (χ0v) is 6.00. The summed E-state index contributed by atoms with van der Waals surface area (Å²) in [6, 6.07) is 0. The van der Waals surface area contributed by atoms with E-state index in [-0.39, 0.29) is 18.0 Å². The fraction of sp³-hybridized carbons (Fsp3) is 0.400. The predicted octanol–water partition coefficient (Wildman–Crippen LogP) is -1.81. The number of hydrazine groups is 1. The number of hydrogen-bond acceptors (Lipinski definition) is 4. The van der Waals surface area contributed by atoms with Gasteiger partial charge in [-0.2, -0.15) is 5.10 Å². The Morgan fingerprint density at radius 1 is 1.82 bits per heavy atom. The number of nitrogens with zero attached hydrogens (tertiary/aromatic N) is 2. The highest BCUT2D eigenvalue weighted by atomic mass is 16.2. The number of rotatable bonds is 1. The van der Waals surface area contributed by atoms with E-state index in [2.05, 4.69) is 5.10 Å². The first kappa shape index (κ1) is 7.67. The number of nitrogens with two attached hydrogens (primary N) is 1. The van der Waals surface area contributed by atoms with E-state index in [0.29, 0.717) is 0 Å². The molecule has 2 amide bonds. The molecule has 0 aromatic rings. The van der Waals surface area contributed by atoms with Gasteiger partial charge in [0.1, 0.15) is 5.71 Å². The topological polar surface area (TPSA) is 87.8 Å². The fourth-order valence-electron chi connectivity index (χ4n) is 0.739. The van der Waals surface area contributed by atoms with Gasteiger partial charge < -0.3 is 0 Å². The van der Waals surface area contributed by atoms with Gasteiger partial charge >= 0.3 is 0 Å². The largest absolute Gasteiger partial charge is 0.289 e. The highest BCUT2D eigenvalue weighted by molar-refractivity contribution is 6.42. The minimum absolute atomic E-state index is 0.0273. The lowest BCUT2D eigenvalue weighted by atomic mass is 10.2. The standard InChI is InChI=1S/C5H8N4O2/c1-9-4(10)2-3(8-9)5(11)7-6/h2,6H2,1H3,(H,7,11). The molecule has 0 radical (unpaired) electrons. The molecule has 1 aliphatic heterocycles. The van der Waals surface area contributed by atoms with Crippen molar-refractivity contribution in [2.75, 3.05) is 7.05 Å². The Kier molecular flexibility index (Phi) is 1.86. The van der Waals surface area contributed by atoms with Crippen LogP contribution in [-0.2, 0) is 9.59 Å². The van der Waals surface area contributed by atoms with Crippen LogP contribution in [0, 0.1) is 0 Å². The van der Waals surface area contributed by atoms with Gasteiger partial charge in [-0.1, -0.05) is 0 Å². The molecule has 1 aliphatic rings. The van der Waals surface area contributed by atoms with Crippen LogP contribution in [0.15, 0.2) is 5.10 Å². The number of carbonyl (C=O) groups excluding carboxylic acids is 2. The van der Waals surface area contributed by atoms with Crippen LogP contribution < -0.4 is 11.3 Å². The molecule has 0 aromatic heterocycles. The van der Waals surface area contributed by atoms with Gasteiger partial charge in [0.05, 0.1) is 6.42 Å². The van der Waals surface area contributed by atoms with Crippen molar-refractivity contribution in [2.45, 2.75) is 6.42 Å². The molecule has 0 bridgehead atoms. The van der Waals surface area contributed by atoms with E-state index >= 15 is 0 Å². The molecule has 0 atom stereocenters. The summed E-state index contributed by atoms with van der Waals surface area (Å²) in [5.74, 6) is 4.12. The van der Waals surface area contributed by atoms with E-state index in [1.165, 1.54) is 7.05 Å². The maximum absolute atomic E-state index is 10.8. The first-order chi connectivity index (χ1) is 5.15. The first-order valence-electron chi connectivity index (χ1n) is 3.00. The Balaban J connectivity index is 2.71. The summed E-state index contributed by atoms with van der Waals surface area (Å²) in [4.78, 5) is 21.6. The molecule has 0 saturated heterocycles. The average Bonchev–Trinajstić information content (AvgIpc) is 2.31. The minimum Gasteiger partial charge on any atom is -0.289 e. The van der Waals surface area contributed by atoms with E-state index in [1.54, 1.807) is 0 Å². The Morgan fingerprint density at radius 3 is 2.82 bits per heavy atom. The molecular weight excluding hydrogens is 148 g/mol. The van der Waals surface area contributed by atoms with E-state index in [0.717, 1.165) is 5.01 Å². The van der Waals surface area contributed by atoms with Crippen molar-refractivity contribution < 1.29 is 9.59 Å². The third kappa shape index (κ3) is 1.35. The summed E-state index contributed by atoms with van der Waals surface area (Å²) in [6.07, 6.45) is 0.0273. The van der Waals surface area contributed by atoms with Crippen molar-refractivity contribution in [3.05, 3.63) is 0 Å². The van der Waals surface area contributed by atoms with E-state index in [4.69, 9.17) is 5.84 Å². The number of hydrazone groups is 1. The zero-order valence-electron chi connectivity index (χ0n) is 6.00. The number of carbonyl (C=O) groups is 2. The lowest BCUT2D eigenvalue weighted by molar-refractivity contribution is -0.127. The summed E-state index contributed by atoms with van der Waals surface area (Å²) < 4.78 is 0. The summed E-state index contributed by atoms with van der Waals surface area (Å²) in [6.45, 7) is 0. The second kappa shape index (κ2) is 2.67. The van der Waals surface area contributed by atoms with E-state index in [9.17, 15) is 9.59 Å². The normalized spacial score (nSPS) is 16.7. The minimum atomic E-state index is -0.511. The van der Waals surface area contributed by atoms with Gasteiger partial charge in [0, 0.05) is 7.05 Å². The Labute approximate surface area is 63.0 Å². The SMILES string of the molecule is CN1N=C(C(=O)NN)CC1=O. The summed E-state index contributed by atoms with van der Waals surface area (Å²) in [5, 5.41) is 4.76. The predicted molar refractivity (Wildman–Crippen MR) is 37.2 cm³/mol. The molecule has 0 aliphatic carbocycles. The third-order valence-corrected chi connectivity index (χ3v) is 1.34. The molecule has 6 nitrogen and oxygen atoms in total. The van der Waals surface area contributed by atoms with Crippen LogP contribution in [0.2, 0.25) is 0 Å². The van der Waals surface area contributed by atoms with Gasteiger partial charge in [-0.15, -0.1) is 0 Å². The molecule has 60 valence electrons. The molecule has 0 fully saturated rings. The summed E-state index contributed by atoms with van der Waals surface area (Å²) in [7, 11) is 1.49. The quantitative estimate of drug-likeness (QED) is 0.266. The molecule has 6 heteroatoms. The van der Waals surface area contributed by atoms with Crippen LogP contribution in [0.5, 0.6) is 0 Å². The molecular formula is C5H8N4O2. The maximum Gasteiger partial charge on any atom is 0.281 e. The summed E-state index contributed by atoms with van der Waals surface area (Å²) >= 11 is 0. The van der Waals surface area contributed by atoms with Gasteiger partial charge in [0.25, 0.3) is 5.91 Å². The lowest BCUT2D eigenvalue weighted by Crippen LogP contribution is -2.35. The van der Waals surface area contributed by atoms with Crippen molar-refractivity contribution in [1.29, 1.82) is 0 Å². The lowest BCUT2D eigenvalue weighted by Gasteiger charge is -1.98. The smallest absolute Gasteiger partial charge is 0.281 e. The number of amides is 2. The van der Waals surface area contributed by atoms with Gasteiger partial charge in [0.2, 0.25) is 5.91 Å². The summed E-state index contributed by atoms with van der Waals surface area (Å²) in [5.41, 5.74) is 2.05. The maximum atomic E-state index is 10.8. The van der Waals surface area contributed by atoms with Gasteiger partial charge in [-0.3, -0.25) is 15.0 Å². The molecule has 1 heterocycles. The van der Waals surface area contributed by atoms with Crippen LogP contribution >= 0.6 is 0 Å². The van der Waals surface area contributed by atoms with Crippen LogP contribution in [0.25, 0.3) is 0 Å². The highest BCUT2D eigenvalue weighted by Crippen LogP contribution is 2.04. The molecule has 11 heavy (non-hydrogen) atoms. The van der Waals surface area contributed by atoms with Gasteiger partial charge in [-0.25, -0.2) is 10.9 Å². The molecule has 0 spiro atoms. The fourth-order valence-corrected chi connectivity index (χ4v) is 0.739. The number of nitrogens with one attached hydrogen (secondary N) is 1. The Hall–Kier alpha value is -1.43. The van der Waals surface area contributed by atoms with Crippen molar-refractivity contribution >= 4 is 17.5 Å².